The monoisotopic (exact) mass is 396 g/mol. The fourth-order valence-electron chi connectivity index (χ4n) is 3.22. The molecule has 2 heterocycles. The van der Waals surface area contributed by atoms with Crippen molar-refractivity contribution in [1.29, 1.82) is 0 Å². The van der Waals surface area contributed by atoms with Gasteiger partial charge in [-0.1, -0.05) is 0 Å². The van der Waals surface area contributed by atoms with Crippen LogP contribution in [0.2, 0.25) is 0 Å². The van der Waals surface area contributed by atoms with E-state index in [9.17, 15) is 26.3 Å². The number of nitrogens with zero attached hydrogens (tertiary/aromatic N) is 2. The van der Waals surface area contributed by atoms with Gasteiger partial charge in [0.1, 0.15) is 17.3 Å². The first kappa shape index (κ1) is 19.6. The first-order chi connectivity index (χ1) is 12.6. The van der Waals surface area contributed by atoms with E-state index in [0.717, 1.165) is 25.3 Å². The summed E-state index contributed by atoms with van der Waals surface area (Å²) in [5.74, 6) is 0.246. The number of benzene rings is 1. The van der Waals surface area contributed by atoms with Crippen LogP contribution in [0.3, 0.4) is 0 Å². The van der Waals surface area contributed by atoms with Crippen LogP contribution in [0.25, 0.3) is 0 Å². The van der Waals surface area contributed by atoms with Crippen LogP contribution >= 0.6 is 0 Å². The molecule has 4 nitrogen and oxygen atoms in total. The van der Waals surface area contributed by atoms with Gasteiger partial charge in [-0.25, -0.2) is 0 Å². The van der Waals surface area contributed by atoms with Crippen molar-refractivity contribution in [2.45, 2.75) is 37.7 Å². The number of hydrogen-bond donors (Lipinski definition) is 0. The minimum atomic E-state index is -4.53. The van der Waals surface area contributed by atoms with Gasteiger partial charge in [-0.3, -0.25) is 4.99 Å². The van der Waals surface area contributed by atoms with Gasteiger partial charge < -0.3 is 14.4 Å². The summed E-state index contributed by atoms with van der Waals surface area (Å²) < 4.78 is 84.4. The number of rotatable bonds is 5. The molecule has 0 N–H and O–H groups in total. The van der Waals surface area contributed by atoms with Gasteiger partial charge in [-0.05, 0) is 37.5 Å². The zero-order valence-electron chi connectivity index (χ0n) is 14.2. The topological polar surface area (TPSA) is 34.1 Å². The van der Waals surface area contributed by atoms with Gasteiger partial charge in [0.15, 0.2) is 13.2 Å². The van der Waals surface area contributed by atoms with Gasteiger partial charge in [0.05, 0.1) is 18.2 Å². The molecule has 2 aliphatic heterocycles. The zero-order chi connectivity index (χ0) is 19.7. The lowest BCUT2D eigenvalue weighted by Crippen LogP contribution is -2.40. The van der Waals surface area contributed by atoms with Crippen LogP contribution in [0.5, 0.6) is 11.5 Å². The third-order valence-electron chi connectivity index (χ3n) is 4.34. The second-order valence-electron chi connectivity index (χ2n) is 6.47. The van der Waals surface area contributed by atoms with Crippen molar-refractivity contribution in [3.8, 4) is 11.5 Å². The standard InChI is InChI=1S/C17H18F6N2O2/c18-16(19,20)9-26-12-4-5-14(27-10-17(21,22)23)13(7-12)15-24-8-11-3-1-2-6-25(11)15/h4-5,7,11H,1-3,6,8-10H2/t11-/m0/s1. The molecule has 0 unspecified atom stereocenters. The van der Waals surface area contributed by atoms with E-state index in [1.807, 2.05) is 4.90 Å². The highest BCUT2D eigenvalue weighted by Crippen LogP contribution is 2.33. The number of alkyl halides is 6. The number of hydrogen-bond acceptors (Lipinski definition) is 4. The van der Waals surface area contributed by atoms with Crippen molar-refractivity contribution in [3.63, 3.8) is 0 Å². The van der Waals surface area contributed by atoms with Crippen LogP contribution in [-0.2, 0) is 0 Å². The lowest BCUT2D eigenvalue weighted by atomic mass is 10.0. The quantitative estimate of drug-likeness (QED) is 0.701. The minimum Gasteiger partial charge on any atom is -0.484 e. The highest BCUT2D eigenvalue weighted by Gasteiger charge is 2.34. The molecule has 2 aliphatic rings. The molecule has 0 radical (unpaired) electrons. The summed E-state index contributed by atoms with van der Waals surface area (Å²) >= 11 is 0. The molecular weight excluding hydrogens is 378 g/mol. The normalized spacial score (nSPS) is 20.3. The number of halogens is 6. The molecular formula is C17H18F6N2O2. The van der Waals surface area contributed by atoms with Crippen molar-refractivity contribution in [2.75, 3.05) is 26.3 Å². The van der Waals surface area contributed by atoms with Crippen LogP contribution in [0.4, 0.5) is 26.3 Å². The molecule has 150 valence electrons. The summed E-state index contributed by atoms with van der Waals surface area (Å²) in [7, 11) is 0. The van der Waals surface area contributed by atoms with Gasteiger partial charge in [0.25, 0.3) is 0 Å². The first-order valence-corrected chi connectivity index (χ1v) is 8.47. The number of piperidine rings is 1. The molecule has 0 spiro atoms. The summed E-state index contributed by atoms with van der Waals surface area (Å²) in [6.07, 6.45) is -6.19. The number of fused-ring (bicyclic) bond motifs is 1. The Morgan fingerprint density at radius 3 is 2.41 bits per heavy atom. The van der Waals surface area contributed by atoms with Crippen LogP contribution in [0.15, 0.2) is 23.2 Å². The van der Waals surface area contributed by atoms with Crippen molar-refractivity contribution >= 4 is 5.84 Å². The second-order valence-corrected chi connectivity index (χ2v) is 6.47. The van der Waals surface area contributed by atoms with Crippen molar-refractivity contribution in [1.82, 2.24) is 4.90 Å². The van der Waals surface area contributed by atoms with Crippen molar-refractivity contribution in [3.05, 3.63) is 23.8 Å². The van der Waals surface area contributed by atoms with E-state index in [0.29, 0.717) is 18.9 Å². The Balaban J connectivity index is 1.87. The second kappa shape index (κ2) is 7.47. The highest BCUT2D eigenvalue weighted by molar-refractivity contribution is 6.02. The van der Waals surface area contributed by atoms with Crippen molar-refractivity contribution in [2.24, 2.45) is 4.99 Å². The smallest absolute Gasteiger partial charge is 0.422 e. The third kappa shape index (κ3) is 5.20. The first-order valence-electron chi connectivity index (χ1n) is 8.47. The molecule has 27 heavy (non-hydrogen) atoms. The lowest BCUT2D eigenvalue weighted by Gasteiger charge is -2.32. The molecule has 1 atom stereocenters. The maximum Gasteiger partial charge on any atom is 0.422 e. The number of aliphatic imine (C=N–C) groups is 1. The summed E-state index contributed by atoms with van der Waals surface area (Å²) in [4.78, 5) is 6.39. The van der Waals surface area contributed by atoms with Crippen LogP contribution in [-0.4, -0.2) is 55.4 Å². The van der Waals surface area contributed by atoms with E-state index in [-0.39, 0.29) is 23.1 Å². The molecule has 1 aromatic rings. The Morgan fingerprint density at radius 2 is 1.70 bits per heavy atom. The van der Waals surface area contributed by atoms with Gasteiger partial charge in [-0.15, -0.1) is 0 Å². The van der Waals surface area contributed by atoms with Crippen LogP contribution in [0, 0.1) is 0 Å². The predicted octanol–water partition coefficient (Wildman–Crippen LogP) is 4.18. The summed E-state index contributed by atoms with van der Waals surface area (Å²) in [6, 6.07) is 3.76. The fourth-order valence-corrected chi connectivity index (χ4v) is 3.22. The predicted molar refractivity (Wildman–Crippen MR) is 85.3 cm³/mol. The Bertz CT molecular complexity index is 702. The molecule has 0 saturated carbocycles. The Morgan fingerprint density at radius 1 is 1.00 bits per heavy atom. The van der Waals surface area contributed by atoms with Gasteiger partial charge in [0.2, 0.25) is 0 Å². The average molecular weight is 396 g/mol. The SMILES string of the molecule is FC(F)(F)COc1ccc(OCC(F)(F)F)c(C2=NC[C@@H]3CCCCN23)c1. The minimum absolute atomic E-state index is 0.0864. The molecule has 10 heteroatoms. The maximum absolute atomic E-state index is 12.5. The molecule has 3 rings (SSSR count). The van der Waals surface area contributed by atoms with E-state index in [1.165, 1.54) is 12.1 Å². The molecule has 0 bridgehead atoms. The number of ether oxygens (including phenoxy) is 2. The van der Waals surface area contributed by atoms with Crippen LogP contribution in [0.1, 0.15) is 24.8 Å². The molecule has 1 fully saturated rings. The lowest BCUT2D eigenvalue weighted by molar-refractivity contribution is -0.154. The van der Waals surface area contributed by atoms with E-state index in [1.54, 1.807) is 0 Å². The van der Waals surface area contributed by atoms with E-state index < -0.39 is 25.6 Å². The fraction of sp³-hybridized carbons (Fsp3) is 0.588. The Hall–Kier alpha value is -2.13. The molecule has 0 aromatic heterocycles. The largest absolute Gasteiger partial charge is 0.484 e. The van der Waals surface area contributed by atoms with Gasteiger partial charge in [-0.2, -0.15) is 26.3 Å². The van der Waals surface area contributed by atoms with Gasteiger partial charge in [0, 0.05) is 6.54 Å². The van der Waals surface area contributed by atoms with E-state index in [2.05, 4.69) is 4.99 Å². The molecule has 1 saturated heterocycles. The summed E-state index contributed by atoms with van der Waals surface area (Å²) in [6.45, 7) is -1.80. The van der Waals surface area contributed by atoms with E-state index >= 15 is 0 Å². The van der Waals surface area contributed by atoms with Gasteiger partial charge >= 0.3 is 12.4 Å². The Kier molecular flexibility index (Phi) is 5.43. The number of amidine groups is 1. The summed E-state index contributed by atoms with van der Waals surface area (Å²) in [5, 5.41) is 0. The van der Waals surface area contributed by atoms with Crippen molar-refractivity contribution < 1.29 is 35.8 Å². The molecule has 0 aliphatic carbocycles. The molecule has 1 aromatic carbocycles. The summed E-state index contributed by atoms with van der Waals surface area (Å²) in [5.41, 5.74) is 0.211. The maximum atomic E-state index is 12.5. The van der Waals surface area contributed by atoms with E-state index in [4.69, 9.17) is 9.47 Å². The molecule has 0 amide bonds. The average Bonchev–Trinajstić information content (AvgIpc) is 3.01. The third-order valence-corrected chi connectivity index (χ3v) is 4.34. The highest BCUT2D eigenvalue weighted by atomic mass is 19.4. The Labute approximate surface area is 151 Å². The zero-order valence-corrected chi connectivity index (χ0v) is 14.2. The van der Waals surface area contributed by atoms with Crippen LogP contribution < -0.4 is 9.47 Å².